The lowest BCUT2D eigenvalue weighted by Crippen LogP contribution is -2.35. The smallest absolute Gasteiger partial charge is 0.225 e. The third-order valence-electron chi connectivity index (χ3n) is 4.96. The maximum atomic E-state index is 12.7. The molecule has 138 valence electrons. The lowest BCUT2D eigenvalue weighted by molar-refractivity contribution is -0.124. The van der Waals surface area contributed by atoms with Crippen molar-refractivity contribution < 1.29 is 4.79 Å². The highest BCUT2D eigenvalue weighted by atomic mass is 35.5. The second-order valence-corrected chi connectivity index (χ2v) is 7.53. The van der Waals surface area contributed by atoms with E-state index in [2.05, 4.69) is 45.4 Å². The monoisotopic (exact) mass is 390 g/mol. The Hall–Kier alpha value is -1.89. The fourth-order valence-electron chi connectivity index (χ4n) is 3.61. The highest BCUT2D eigenvalue weighted by Crippen LogP contribution is 2.28. The summed E-state index contributed by atoms with van der Waals surface area (Å²) in [6, 6.07) is 8.43. The minimum Gasteiger partial charge on any atom is -0.355 e. The van der Waals surface area contributed by atoms with Crippen LogP contribution in [-0.4, -0.2) is 35.3 Å². The minimum atomic E-state index is -0.0246. The van der Waals surface area contributed by atoms with Gasteiger partial charge < -0.3 is 10.6 Å². The molecule has 5 nitrogen and oxygen atoms in total. The lowest BCUT2D eigenvalue weighted by Gasteiger charge is -2.17. The van der Waals surface area contributed by atoms with E-state index in [9.17, 15) is 4.79 Å². The highest BCUT2D eigenvalue weighted by Gasteiger charge is 2.34. The number of nitrogens with one attached hydrogen (secondary N) is 2. The van der Waals surface area contributed by atoms with Crippen LogP contribution in [0.2, 0.25) is 0 Å². The molecule has 2 atom stereocenters. The van der Waals surface area contributed by atoms with Crippen LogP contribution in [0.15, 0.2) is 42.0 Å². The molecule has 2 aromatic heterocycles. The zero-order valence-electron chi connectivity index (χ0n) is 14.6. The first-order chi connectivity index (χ1) is 12.2. The largest absolute Gasteiger partial charge is 0.355 e. The molecule has 1 saturated heterocycles. The van der Waals surface area contributed by atoms with E-state index in [4.69, 9.17) is 0 Å². The lowest BCUT2D eigenvalue weighted by atomic mass is 9.90. The molecule has 4 rings (SSSR count). The number of carbonyl (C=O) groups excluding carboxylic acids is 1. The first-order valence-electron chi connectivity index (χ1n) is 8.64. The summed E-state index contributed by atoms with van der Waals surface area (Å²) in [6.07, 6.45) is 4.75. The number of aryl methyl sites for hydroxylation is 1. The van der Waals surface area contributed by atoms with Gasteiger partial charge in [0.25, 0.3) is 0 Å². The van der Waals surface area contributed by atoms with Crippen molar-refractivity contribution in [3.8, 4) is 0 Å². The summed E-state index contributed by atoms with van der Waals surface area (Å²) in [6.45, 7) is 2.24. The van der Waals surface area contributed by atoms with Crippen molar-refractivity contribution in [2.45, 2.75) is 12.3 Å². The predicted molar refractivity (Wildman–Crippen MR) is 108 cm³/mol. The van der Waals surface area contributed by atoms with Crippen LogP contribution in [0.25, 0.3) is 10.1 Å². The Morgan fingerprint density at radius 2 is 2.23 bits per heavy atom. The molecule has 3 aromatic rings. The number of amides is 1. The molecule has 1 amide bonds. The van der Waals surface area contributed by atoms with Crippen LogP contribution in [0, 0.1) is 5.92 Å². The minimum absolute atomic E-state index is 0. The molecule has 0 bridgehead atoms. The number of aromatic nitrogens is 2. The van der Waals surface area contributed by atoms with E-state index in [1.807, 2.05) is 19.4 Å². The molecule has 0 aliphatic carbocycles. The average molecular weight is 391 g/mol. The molecule has 1 fully saturated rings. The van der Waals surface area contributed by atoms with Crippen LogP contribution < -0.4 is 10.6 Å². The average Bonchev–Trinajstić information content (AvgIpc) is 3.34. The van der Waals surface area contributed by atoms with E-state index < -0.39 is 0 Å². The van der Waals surface area contributed by atoms with Gasteiger partial charge in [-0.05, 0) is 34.4 Å². The topological polar surface area (TPSA) is 59.0 Å². The maximum Gasteiger partial charge on any atom is 0.225 e. The van der Waals surface area contributed by atoms with Crippen molar-refractivity contribution in [1.29, 1.82) is 0 Å². The van der Waals surface area contributed by atoms with E-state index in [0.717, 1.165) is 25.1 Å². The Morgan fingerprint density at radius 3 is 3.04 bits per heavy atom. The van der Waals surface area contributed by atoms with Gasteiger partial charge in [-0.2, -0.15) is 5.10 Å². The number of thiophene rings is 1. The van der Waals surface area contributed by atoms with E-state index >= 15 is 0 Å². The van der Waals surface area contributed by atoms with Crippen LogP contribution in [0.5, 0.6) is 0 Å². The quantitative estimate of drug-likeness (QED) is 0.704. The molecule has 3 heterocycles. The number of benzene rings is 1. The molecular formula is C19H23ClN4OS. The fraction of sp³-hybridized carbons (Fsp3) is 0.368. The molecule has 26 heavy (non-hydrogen) atoms. The summed E-state index contributed by atoms with van der Waals surface area (Å²) in [4.78, 5) is 12.7. The van der Waals surface area contributed by atoms with Gasteiger partial charge in [-0.3, -0.25) is 9.48 Å². The van der Waals surface area contributed by atoms with Gasteiger partial charge in [0.05, 0.1) is 12.1 Å². The van der Waals surface area contributed by atoms with Crippen LogP contribution >= 0.6 is 23.7 Å². The number of hydrogen-bond donors (Lipinski definition) is 2. The fourth-order valence-corrected chi connectivity index (χ4v) is 4.61. The van der Waals surface area contributed by atoms with Gasteiger partial charge in [0, 0.05) is 43.5 Å². The van der Waals surface area contributed by atoms with E-state index in [-0.39, 0.29) is 30.2 Å². The van der Waals surface area contributed by atoms with E-state index in [1.165, 1.54) is 15.6 Å². The van der Waals surface area contributed by atoms with Gasteiger partial charge in [-0.1, -0.05) is 18.2 Å². The van der Waals surface area contributed by atoms with E-state index in [1.54, 1.807) is 16.0 Å². The van der Waals surface area contributed by atoms with Gasteiger partial charge in [-0.25, -0.2) is 0 Å². The second-order valence-electron chi connectivity index (χ2n) is 6.62. The summed E-state index contributed by atoms with van der Waals surface area (Å²) in [5, 5.41) is 14.2. The Morgan fingerprint density at radius 1 is 1.38 bits per heavy atom. The molecular weight excluding hydrogens is 368 g/mol. The van der Waals surface area contributed by atoms with Crippen LogP contribution in [0.4, 0.5) is 0 Å². The molecule has 1 aliphatic heterocycles. The zero-order valence-corrected chi connectivity index (χ0v) is 16.3. The van der Waals surface area contributed by atoms with Crippen molar-refractivity contribution in [3.63, 3.8) is 0 Å². The maximum absolute atomic E-state index is 12.7. The number of halogens is 1. The number of carbonyl (C=O) groups is 1. The van der Waals surface area contributed by atoms with E-state index in [0.29, 0.717) is 6.54 Å². The second kappa shape index (κ2) is 8.20. The molecule has 0 saturated carbocycles. The standard InChI is InChI=1S/C19H22N4OS.ClH/c1-23-11-14(8-22-23)16-9-20-10-17(16)19(24)21-7-6-13-12-25-18-5-3-2-4-15(13)18;/h2-5,8,11-12,16-17,20H,6-7,9-10H2,1H3,(H,21,24);1H/t16-,17+;/m1./s1. The molecule has 0 spiro atoms. The first kappa shape index (κ1) is 18.9. The molecule has 7 heteroatoms. The highest BCUT2D eigenvalue weighted by molar-refractivity contribution is 7.17. The van der Waals surface area contributed by atoms with Gasteiger partial charge in [0.15, 0.2) is 0 Å². The number of fused-ring (bicyclic) bond motifs is 1. The normalized spacial score (nSPS) is 19.4. The summed E-state index contributed by atoms with van der Waals surface area (Å²) in [5.41, 5.74) is 2.45. The van der Waals surface area contributed by atoms with Crippen LogP contribution in [-0.2, 0) is 18.3 Å². The Balaban J connectivity index is 0.00000196. The van der Waals surface area contributed by atoms with Crippen molar-refractivity contribution in [2.24, 2.45) is 13.0 Å². The third-order valence-corrected chi connectivity index (χ3v) is 5.97. The Bertz CT molecular complexity index is 890. The Labute approximate surface area is 163 Å². The van der Waals surface area contributed by atoms with Crippen molar-refractivity contribution >= 4 is 39.7 Å². The summed E-state index contributed by atoms with van der Waals surface area (Å²) >= 11 is 1.77. The summed E-state index contributed by atoms with van der Waals surface area (Å²) in [7, 11) is 1.91. The zero-order chi connectivity index (χ0) is 17.2. The molecule has 1 aromatic carbocycles. The molecule has 0 radical (unpaired) electrons. The van der Waals surface area contributed by atoms with Crippen LogP contribution in [0.3, 0.4) is 0 Å². The van der Waals surface area contributed by atoms with Gasteiger partial charge in [-0.15, -0.1) is 23.7 Å². The predicted octanol–water partition coefficient (Wildman–Crippen LogP) is 2.72. The van der Waals surface area contributed by atoms with Crippen molar-refractivity contribution in [1.82, 2.24) is 20.4 Å². The summed E-state index contributed by atoms with van der Waals surface area (Å²) in [5.74, 6) is 0.317. The number of hydrogen-bond acceptors (Lipinski definition) is 4. The molecule has 2 N–H and O–H groups in total. The molecule has 0 unspecified atom stereocenters. The third kappa shape index (κ3) is 3.77. The number of rotatable bonds is 5. The van der Waals surface area contributed by atoms with Gasteiger partial charge in [0.1, 0.15) is 0 Å². The van der Waals surface area contributed by atoms with Gasteiger partial charge >= 0.3 is 0 Å². The molecule has 1 aliphatic rings. The number of nitrogens with zero attached hydrogens (tertiary/aromatic N) is 2. The first-order valence-corrected chi connectivity index (χ1v) is 9.52. The SMILES string of the molecule is Cl.Cn1cc([C@H]2CNC[C@@H]2C(=O)NCCc2csc3ccccc23)cn1. The van der Waals surface area contributed by atoms with Crippen LogP contribution in [0.1, 0.15) is 17.0 Å². The van der Waals surface area contributed by atoms with Gasteiger partial charge in [0.2, 0.25) is 5.91 Å². The Kier molecular flexibility index (Phi) is 5.96. The van der Waals surface area contributed by atoms with Crippen molar-refractivity contribution in [3.05, 3.63) is 53.2 Å². The van der Waals surface area contributed by atoms with Crippen molar-refractivity contribution in [2.75, 3.05) is 19.6 Å². The summed E-state index contributed by atoms with van der Waals surface area (Å²) < 4.78 is 3.10.